The van der Waals surface area contributed by atoms with Gasteiger partial charge in [-0.1, -0.05) is 26.0 Å². The number of nitrogens with two attached hydrogens (primary N) is 1. The van der Waals surface area contributed by atoms with Crippen molar-refractivity contribution in [1.82, 2.24) is 19.9 Å². The fraction of sp³-hybridized carbons (Fsp3) is 0.143. The molecule has 3 heterocycles. The molecule has 0 aliphatic rings. The van der Waals surface area contributed by atoms with Gasteiger partial charge < -0.3 is 5.73 Å². The minimum Gasteiger partial charge on any atom is -0.383 e. The summed E-state index contributed by atoms with van der Waals surface area (Å²) in [5.74, 6) is 0.649. The van der Waals surface area contributed by atoms with E-state index in [1.54, 1.807) is 36.9 Å². The fourth-order valence-electron chi connectivity index (χ4n) is 3.24. The van der Waals surface area contributed by atoms with Crippen molar-refractivity contribution in [3.05, 3.63) is 78.1 Å². The number of hydrogen-bond acceptors (Lipinski definition) is 5. The third-order valence-electron chi connectivity index (χ3n) is 4.81. The second-order valence-electron chi connectivity index (χ2n) is 6.88. The molecule has 0 fully saturated rings. The molecule has 4 aromatic rings. The monoisotopic (exact) mass is 359 g/mol. The molecule has 0 aliphatic carbocycles. The second-order valence-corrected chi connectivity index (χ2v) is 6.88. The molecule has 5 nitrogen and oxygen atoms in total. The molecule has 0 amide bonds. The minimum atomic E-state index is -0.449. The van der Waals surface area contributed by atoms with Crippen LogP contribution in [0.1, 0.15) is 25.0 Å². The van der Waals surface area contributed by atoms with Gasteiger partial charge in [0.2, 0.25) is 0 Å². The Hall–Kier alpha value is -3.41. The largest absolute Gasteiger partial charge is 0.383 e. The van der Waals surface area contributed by atoms with Crippen LogP contribution in [0.2, 0.25) is 0 Å². The Morgan fingerprint density at radius 1 is 0.889 bits per heavy atom. The third-order valence-corrected chi connectivity index (χ3v) is 4.81. The molecule has 0 saturated heterocycles. The number of aromatic nitrogens is 4. The summed E-state index contributed by atoms with van der Waals surface area (Å²) in [6.45, 7) is 4.10. The molecule has 134 valence electrons. The standard InChI is InChI=1S/C21H18FN5/c1-21(2,14-3-5-15(22)6-4-14)16-11-25-12-17-18(16)19(23)27-20(26-17)13-7-9-24-10-8-13/h3-12H,1-2H3,(H2,23,26,27). The van der Waals surface area contributed by atoms with Gasteiger partial charge in [-0.2, -0.15) is 0 Å². The lowest BCUT2D eigenvalue weighted by Gasteiger charge is -2.27. The van der Waals surface area contributed by atoms with E-state index in [9.17, 15) is 4.39 Å². The molecule has 0 saturated carbocycles. The van der Waals surface area contributed by atoms with Gasteiger partial charge in [-0.15, -0.1) is 0 Å². The highest BCUT2D eigenvalue weighted by atomic mass is 19.1. The molecule has 4 rings (SSSR count). The van der Waals surface area contributed by atoms with Crippen LogP contribution in [0.5, 0.6) is 0 Å². The average Bonchev–Trinajstić information content (AvgIpc) is 2.68. The summed E-state index contributed by atoms with van der Waals surface area (Å²) in [6, 6.07) is 10.1. The molecule has 0 aliphatic heterocycles. The highest BCUT2D eigenvalue weighted by Crippen LogP contribution is 2.37. The Morgan fingerprint density at radius 3 is 2.30 bits per heavy atom. The van der Waals surface area contributed by atoms with Gasteiger partial charge in [-0.05, 0) is 35.4 Å². The van der Waals surface area contributed by atoms with Crippen LogP contribution in [0.3, 0.4) is 0 Å². The molecule has 27 heavy (non-hydrogen) atoms. The van der Waals surface area contributed by atoms with Crippen LogP contribution in [0, 0.1) is 5.82 Å². The maximum atomic E-state index is 13.3. The van der Waals surface area contributed by atoms with Crippen molar-refractivity contribution in [3.63, 3.8) is 0 Å². The molecule has 0 unspecified atom stereocenters. The van der Waals surface area contributed by atoms with Gasteiger partial charge in [-0.25, -0.2) is 14.4 Å². The smallest absolute Gasteiger partial charge is 0.162 e. The van der Waals surface area contributed by atoms with Gasteiger partial charge in [0.25, 0.3) is 0 Å². The summed E-state index contributed by atoms with van der Waals surface area (Å²) in [7, 11) is 0. The van der Waals surface area contributed by atoms with Crippen LogP contribution < -0.4 is 5.73 Å². The SMILES string of the molecule is CC(C)(c1ccc(F)cc1)c1cncc2nc(-c3ccncc3)nc(N)c12. The molecular formula is C21H18FN5. The third kappa shape index (κ3) is 2.99. The maximum absolute atomic E-state index is 13.3. The van der Waals surface area contributed by atoms with E-state index < -0.39 is 5.41 Å². The normalized spacial score (nSPS) is 11.7. The molecule has 6 heteroatoms. The van der Waals surface area contributed by atoms with Gasteiger partial charge in [0, 0.05) is 35.0 Å². The van der Waals surface area contributed by atoms with Crippen molar-refractivity contribution < 1.29 is 4.39 Å². The topological polar surface area (TPSA) is 77.6 Å². The lowest BCUT2D eigenvalue weighted by atomic mass is 9.77. The lowest BCUT2D eigenvalue weighted by molar-refractivity contribution is 0.615. The highest BCUT2D eigenvalue weighted by Gasteiger charge is 2.27. The molecule has 2 N–H and O–H groups in total. The zero-order valence-electron chi connectivity index (χ0n) is 15.0. The Morgan fingerprint density at radius 2 is 1.59 bits per heavy atom. The van der Waals surface area contributed by atoms with E-state index in [-0.39, 0.29) is 5.82 Å². The fourth-order valence-corrected chi connectivity index (χ4v) is 3.24. The maximum Gasteiger partial charge on any atom is 0.162 e. The molecule has 0 atom stereocenters. The zero-order chi connectivity index (χ0) is 19.0. The van der Waals surface area contributed by atoms with Gasteiger partial charge >= 0.3 is 0 Å². The highest BCUT2D eigenvalue weighted by molar-refractivity contribution is 5.93. The summed E-state index contributed by atoms with van der Waals surface area (Å²) >= 11 is 0. The van der Waals surface area contributed by atoms with Crippen LogP contribution in [0.25, 0.3) is 22.3 Å². The number of anilines is 1. The molecule has 0 bridgehead atoms. The summed E-state index contributed by atoms with van der Waals surface area (Å²) in [5, 5.41) is 0.761. The predicted octanol–water partition coefficient (Wildman–Crippen LogP) is 4.13. The molecular weight excluding hydrogens is 341 g/mol. The van der Waals surface area contributed by atoms with Crippen molar-refractivity contribution in [2.45, 2.75) is 19.3 Å². The van der Waals surface area contributed by atoms with E-state index in [2.05, 4.69) is 19.9 Å². The number of benzene rings is 1. The number of nitrogens with zero attached hydrogens (tertiary/aromatic N) is 4. The minimum absolute atomic E-state index is 0.268. The van der Waals surface area contributed by atoms with Gasteiger partial charge in [0.1, 0.15) is 11.6 Å². The summed E-state index contributed by atoms with van der Waals surface area (Å²) in [5.41, 5.74) is 9.24. The molecule has 3 aromatic heterocycles. The van der Waals surface area contributed by atoms with E-state index in [4.69, 9.17) is 5.73 Å². The molecule has 0 spiro atoms. The second kappa shape index (κ2) is 6.39. The number of nitrogen functional groups attached to an aromatic ring is 1. The molecule has 0 radical (unpaired) electrons. The van der Waals surface area contributed by atoms with Crippen LogP contribution >= 0.6 is 0 Å². The summed E-state index contributed by atoms with van der Waals surface area (Å²) < 4.78 is 13.3. The first-order valence-electron chi connectivity index (χ1n) is 8.55. The van der Waals surface area contributed by atoms with Gasteiger partial charge in [0.05, 0.1) is 11.7 Å². The van der Waals surface area contributed by atoms with Crippen molar-refractivity contribution in [2.75, 3.05) is 5.73 Å². The predicted molar refractivity (Wildman–Crippen MR) is 104 cm³/mol. The number of rotatable bonds is 3. The van der Waals surface area contributed by atoms with Crippen molar-refractivity contribution in [1.29, 1.82) is 0 Å². The Balaban J connectivity index is 1.91. The first-order chi connectivity index (χ1) is 13.0. The first-order valence-corrected chi connectivity index (χ1v) is 8.55. The Labute approximate surface area is 156 Å². The molecule has 1 aromatic carbocycles. The summed E-state index contributed by atoms with van der Waals surface area (Å²) in [6.07, 6.45) is 6.83. The van der Waals surface area contributed by atoms with E-state index >= 15 is 0 Å². The van der Waals surface area contributed by atoms with Gasteiger partial charge in [-0.3, -0.25) is 9.97 Å². The average molecular weight is 359 g/mol. The number of hydrogen-bond donors (Lipinski definition) is 1. The quantitative estimate of drug-likeness (QED) is 0.595. The summed E-state index contributed by atoms with van der Waals surface area (Å²) in [4.78, 5) is 17.5. The van der Waals surface area contributed by atoms with Crippen LogP contribution in [-0.2, 0) is 5.41 Å². The zero-order valence-corrected chi connectivity index (χ0v) is 15.0. The van der Waals surface area contributed by atoms with Crippen LogP contribution in [0.15, 0.2) is 61.2 Å². The number of halogens is 1. The lowest BCUT2D eigenvalue weighted by Crippen LogP contribution is -2.20. The van der Waals surface area contributed by atoms with Crippen molar-refractivity contribution >= 4 is 16.7 Å². The van der Waals surface area contributed by atoms with Gasteiger partial charge in [0.15, 0.2) is 5.82 Å². The van der Waals surface area contributed by atoms with E-state index in [0.717, 1.165) is 22.1 Å². The van der Waals surface area contributed by atoms with E-state index in [0.29, 0.717) is 17.2 Å². The van der Waals surface area contributed by atoms with Crippen LogP contribution in [-0.4, -0.2) is 19.9 Å². The Kier molecular flexibility index (Phi) is 4.03. The first kappa shape index (κ1) is 17.0. The Bertz CT molecular complexity index is 1110. The van der Waals surface area contributed by atoms with Crippen LogP contribution in [0.4, 0.5) is 10.2 Å². The number of fused-ring (bicyclic) bond motifs is 1. The van der Waals surface area contributed by atoms with E-state index in [1.807, 2.05) is 26.0 Å². The van der Waals surface area contributed by atoms with Crippen molar-refractivity contribution in [2.24, 2.45) is 0 Å². The van der Waals surface area contributed by atoms with E-state index in [1.165, 1.54) is 12.1 Å². The van der Waals surface area contributed by atoms with Crippen molar-refractivity contribution in [3.8, 4) is 11.4 Å². The number of pyridine rings is 2.